The molecule has 1 aromatic rings. The van der Waals surface area contributed by atoms with Gasteiger partial charge < -0.3 is 9.47 Å². The van der Waals surface area contributed by atoms with Crippen molar-refractivity contribution in [2.75, 3.05) is 0 Å². The van der Waals surface area contributed by atoms with Gasteiger partial charge in [-0.25, -0.2) is 0 Å². The summed E-state index contributed by atoms with van der Waals surface area (Å²) in [5, 5.41) is 0. The van der Waals surface area contributed by atoms with Crippen LogP contribution in [0.2, 0.25) is 0 Å². The molecule has 1 aromatic carbocycles. The average Bonchev–Trinajstić information content (AvgIpc) is 2.69. The number of hydrogen-bond donors (Lipinski definition) is 0. The lowest BCUT2D eigenvalue weighted by Crippen LogP contribution is -2.12. The molecule has 0 N–H and O–H groups in total. The smallest absolute Gasteiger partial charge is 0.267 e. The number of hydrogen-bond acceptors (Lipinski definition) is 2. The minimum absolute atomic E-state index is 0.126. The van der Waals surface area contributed by atoms with Gasteiger partial charge in [-0.2, -0.15) is 0 Å². The summed E-state index contributed by atoms with van der Waals surface area (Å²) in [7, 11) is 0. The van der Waals surface area contributed by atoms with Gasteiger partial charge in [-0.1, -0.05) is 42.8 Å². The third-order valence-corrected chi connectivity index (χ3v) is 3.30. The molecule has 1 heterocycles. The molecule has 0 atom stereocenters. The first-order valence-electron chi connectivity index (χ1n) is 5.24. The highest BCUT2D eigenvalue weighted by Crippen LogP contribution is 2.34. The van der Waals surface area contributed by atoms with E-state index in [-0.39, 0.29) is 11.7 Å². The molecular formula is C13H15BrO2. The molecule has 0 fully saturated rings. The Labute approximate surface area is 104 Å². The van der Waals surface area contributed by atoms with Crippen LogP contribution >= 0.6 is 15.9 Å². The number of halogens is 1. The van der Waals surface area contributed by atoms with Crippen LogP contribution in [0.1, 0.15) is 38.2 Å². The molecule has 0 saturated heterocycles. The molecule has 3 heteroatoms. The van der Waals surface area contributed by atoms with E-state index in [1.807, 2.05) is 6.07 Å². The highest BCUT2D eigenvalue weighted by atomic mass is 79.9. The third-order valence-electron chi connectivity index (χ3n) is 2.58. The number of ether oxygens (including phenoxy) is 2. The van der Waals surface area contributed by atoms with Crippen molar-refractivity contribution < 1.29 is 9.47 Å². The Kier molecular flexibility index (Phi) is 2.98. The van der Waals surface area contributed by atoms with Crippen LogP contribution < -0.4 is 0 Å². The summed E-state index contributed by atoms with van der Waals surface area (Å²) in [6.45, 7) is 6.57. The van der Waals surface area contributed by atoms with Crippen molar-refractivity contribution >= 4 is 15.9 Å². The van der Waals surface area contributed by atoms with Gasteiger partial charge in [0.15, 0.2) is 0 Å². The molecule has 0 aliphatic carbocycles. The summed E-state index contributed by atoms with van der Waals surface area (Å²) < 4.78 is 11.7. The van der Waals surface area contributed by atoms with E-state index in [0.29, 0.717) is 0 Å². The maximum Gasteiger partial charge on any atom is 0.267 e. The Hall–Kier alpha value is -0.960. The second kappa shape index (κ2) is 4.13. The molecule has 2 rings (SSSR count). The van der Waals surface area contributed by atoms with Gasteiger partial charge in [0, 0.05) is 10.0 Å². The van der Waals surface area contributed by atoms with E-state index < -0.39 is 0 Å². The fourth-order valence-electron chi connectivity index (χ4n) is 1.58. The number of benzene rings is 1. The lowest BCUT2D eigenvalue weighted by Gasteiger charge is -2.21. The molecule has 0 amide bonds. The van der Waals surface area contributed by atoms with Crippen LogP contribution in [0.3, 0.4) is 0 Å². The van der Waals surface area contributed by atoms with E-state index in [9.17, 15) is 0 Å². The van der Waals surface area contributed by atoms with Crippen LogP contribution in [0.5, 0.6) is 0 Å². The normalized spacial score (nSPS) is 16.0. The zero-order chi connectivity index (χ0) is 11.8. The predicted octanol–water partition coefficient (Wildman–Crippen LogP) is 4.26. The second-order valence-corrected chi connectivity index (χ2v) is 5.72. The van der Waals surface area contributed by atoms with Gasteiger partial charge in [0.2, 0.25) is 0 Å². The van der Waals surface area contributed by atoms with Crippen molar-refractivity contribution in [3.05, 3.63) is 46.3 Å². The van der Waals surface area contributed by atoms with E-state index in [1.54, 1.807) is 12.5 Å². The van der Waals surface area contributed by atoms with Gasteiger partial charge in [0.05, 0.1) is 0 Å². The zero-order valence-corrected chi connectivity index (χ0v) is 11.2. The molecule has 0 saturated carbocycles. The maximum atomic E-state index is 5.35. The average molecular weight is 283 g/mol. The molecule has 16 heavy (non-hydrogen) atoms. The first kappa shape index (κ1) is 11.5. The second-order valence-electron chi connectivity index (χ2n) is 4.86. The quantitative estimate of drug-likeness (QED) is 0.766. The van der Waals surface area contributed by atoms with Gasteiger partial charge in [-0.3, -0.25) is 0 Å². The van der Waals surface area contributed by atoms with Crippen molar-refractivity contribution in [3.8, 4) is 0 Å². The molecule has 0 spiro atoms. The fraction of sp³-hybridized carbons (Fsp3) is 0.385. The molecule has 0 radical (unpaired) electrons. The first-order valence-corrected chi connectivity index (χ1v) is 6.03. The largest absolute Gasteiger partial charge is 0.455 e. The molecule has 0 bridgehead atoms. The SMILES string of the molecule is CC(C)(C)c1ccc(Br)c(C2OC=CO2)c1. The van der Waals surface area contributed by atoms with Gasteiger partial charge in [0.25, 0.3) is 6.29 Å². The Morgan fingerprint density at radius 1 is 1.12 bits per heavy atom. The fourth-order valence-corrected chi connectivity index (χ4v) is 2.01. The minimum atomic E-state index is -0.323. The summed E-state index contributed by atoms with van der Waals surface area (Å²) in [6, 6.07) is 6.29. The molecule has 0 aromatic heterocycles. The highest BCUT2D eigenvalue weighted by molar-refractivity contribution is 9.10. The molecule has 1 aliphatic heterocycles. The van der Waals surface area contributed by atoms with Crippen LogP contribution in [0, 0.1) is 0 Å². The highest BCUT2D eigenvalue weighted by Gasteiger charge is 2.22. The van der Waals surface area contributed by atoms with Gasteiger partial charge in [-0.15, -0.1) is 0 Å². The summed E-state index contributed by atoms with van der Waals surface area (Å²) in [4.78, 5) is 0. The zero-order valence-electron chi connectivity index (χ0n) is 9.66. The third kappa shape index (κ3) is 2.24. The van der Waals surface area contributed by atoms with E-state index >= 15 is 0 Å². The molecule has 86 valence electrons. The Bertz CT molecular complexity index is 410. The van der Waals surface area contributed by atoms with Crippen LogP contribution in [-0.4, -0.2) is 0 Å². The standard InChI is InChI=1S/C13H15BrO2/c1-13(2,3)9-4-5-11(14)10(8-9)12-15-6-7-16-12/h4-8,12H,1-3H3. The Morgan fingerprint density at radius 2 is 1.75 bits per heavy atom. The van der Waals surface area contributed by atoms with E-state index in [0.717, 1.165) is 10.0 Å². The summed E-state index contributed by atoms with van der Waals surface area (Å²) in [5.74, 6) is 0. The Morgan fingerprint density at radius 3 is 2.31 bits per heavy atom. The van der Waals surface area contributed by atoms with E-state index in [4.69, 9.17) is 9.47 Å². The van der Waals surface area contributed by atoms with Crippen molar-refractivity contribution in [2.24, 2.45) is 0 Å². The van der Waals surface area contributed by atoms with Gasteiger partial charge in [-0.05, 0) is 23.1 Å². The molecular weight excluding hydrogens is 268 g/mol. The Balaban J connectivity index is 2.37. The first-order chi connectivity index (χ1) is 7.48. The topological polar surface area (TPSA) is 18.5 Å². The summed E-state index contributed by atoms with van der Waals surface area (Å²) in [6.07, 6.45) is 2.82. The summed E-state index contributed by atoms with van der Waals surface area (Å²) >= 11 is 3.52. The monoisotopic (exact) mass is 282 g/mol. The van der Waals surface area contributed by atoms with Gasteiger partial charge in [0.1, 0.15) is 12.5 Å². The van der Waals surface area contributed by atoms with Crippen molar-refractivity contribution in [1.29, 1.82) is 0 Å². The van der Waals surface area contributed by atoms with Gasteiger partial charge >= 0.3 is 0 Å². The van der Waals surface area contributed by atoms with E-state index in [2.05, 4.69) is 48.8 Å². The molecule has 2 nitrogen and oxygen atoms in total. The van der Waals surface area contributed by atoms with Crippen LogP contribution in [0.15, 0.2) is 35.2 Å². The van der Waals surface area contributed by atoms with Crippen LogP contribution in [-0.2, 0) is 14.9 Å². The van der Waals surface area contributed by atoms with Crippen molar-refractivity contribution in [3.63, 3.8) is 0 Å². The molecule has 1 aliphatic rings. The minimum Gasteiger partial charge on any atom is -0.455 e. The lowest BCUT2D eigenvalue weighted by molar-refractivity contribution is -0.0252. The summed E-state index contributed by atoms with van der Waals surface area (Å²) in [5.41, 5.74) is 2.42. The lowest BCUT2D eigenvalue weighted by atomic mass is 9.86. The van der Waals surface area contributed by atoms with Crippen molar-refractivity contribution in [2.45, 2.75) is 32.5 Å². The van der Waals surface area contributed by atoms with Crippen molar-refractivity contribution in [1.82, 2.24) is 0 Å². The van der Waals surface area contributed by atoms with Crippen LogP contribution in [0.4, 0.5) is 0 Å². The van der Waals surface area contributed by atoms with E-state index in [1.165, 1.54) is 5.56 Å². The molecule has 0 unspecified atom stereocenters. The van der Waals surface area contributed by atoms with Crippen LogP contribution in [0.25, 0.3) is 0 Å². The number of rotatable bonds is 1. The maximum absolute atomic E-state index is 5.35. The predicted molar refractivity (Wildman–Crippen MR) is 66.9 cm³/mol.